The molecule has 1 atom stereocenters. The molecule has 30 heavy (non-hydrogen) atoms. The molecule has 0 radical (unpaired) electrons. The number of aromatic nitrogens is 2. The van der Waals surface area contributed by atoms with E-state index >= 15 is 0 Å². The second kappa shape index (κ2) is 7.59. The van der Waals surface area contributed by atoms with Gasteiger partial charge in [-0.15, -0.1) is 0 Å². The molecular weight excluding hydrogens is 376 g/mol. The first kappa shape index (κ1) is 18.9. The fourth-order valence-corrected chi connectivity index (χ4v) is 4.75. The van der Waals surface area contributed by atoms with Gasteiger partial charge in [0.25, 0.3) is 0 Å². The Bertz CT molecular complexity index is 1110. The van der Waals surface area contributed by atoms with E-state index in [0.29, 0.717) is 13.0 Å². The second-order valence-electron chi connectivity index (χ2n) is 8.32. The highest BCUT2D eigenvalue weighted by molar-refractivity contribution is 5.97. The van der Waals surface area contributed by atoms with Crippen molar-refractivity contribution in [1.29, 1.82) is 0 Å². The predicted molar refractivity (Wildman–Crippen MR) is 116 cm³/mol. The number of nitrogens with zero attached hydrogens (tertiary/aromatic N) is 4. The Morgan fingerprint density at radius 3 is 2.60 bits per heavy atom. The molecule has 2 aliphatic rings. The lowest BCUT2D eigenvalue weighted by Crippen LogP contribution is -2.32. The van der Waals surface area contributed by atoms with Crippen LogP contribution in [0.4, 0.5) is 5.69 Å². The molecule has 2 aromatic carbocycles. The highest BCUT2D eigenvalue weighted by Gasteiger charge is 2.35. The smallest absolute Gasteiger partial charge is 0.242 e. The maximum absolute atomic E-state index is 12.9. The lowest BCUT2D eigenvalue weighted by Gasteiger charge is -2.20. The molecule has 2 aliphatic heterocycles. The number of fused-ring (bicyclic) bond motifs is 1. The molecule has 5 rings (SSSR count). The van der Waals surface area contributed by atoms with E-state index in [1.807, 2.05) is 69.8 Å². The van der Waals surface area contributed by atoms with E-state index in [1.54, 1.807) is 0 Å². The van der Waals surface area contributed by atoms with Crippen LogP contribution >= 0.6 is 0 Å². The molecule has 2 amide bonds. The van der Waals surface area contributed by atoms with Crippen molar-refractivity contribution in [3.05, 3.63) is 59.9 Å². The van der Waals surface area contributed by atoms with Gasteiger partial charge in [0, 0.05) is 37.7 Å². The van der Waals surface area contributed by atoms with Gasteiger partial charge in [-0.1, -0.05) is 30.3 Å². The lowest BCUT2D eigenvalue weighted by atomic mass is 10.1. The minimum Gasteiger partial charge on any atom is -0.341 e. The van der Waals surface area contributed by atoms with Crippen LogP contribution in [0.1, 0.15) is 36.6 Å². The fourth-order valence-electron chi connectivity index (χ4n) is 4.75. The summed E-state index contributed by atoms with van der Waals surface area (Å²) in [5.41, 5.74) is 3.88. The first-order chi connectivity index (χ1) is 14.6. The summed E-state index contributed by atoms with van der Waals surface area (Å²) in [4.78, 5) is 34.5. The van der Waals surface area contributed by atoms with Crippen LogP contribution in [-0.2, 0) is 16.1 Å². The number of hydrogen-bond donors (Lipinski definition) is 0. The van der Waals surface area contributed by atoms with Crippen molar-refractivity contribution < 1.29 is 9.59 Å². The van der Waals surface area contributed by atoms with Crippen LogP contribution in [-0.4, -0.2) is 45.9 Å². The highest BCUT2D eigenvalue weighted by Crippen LogP contribution is 2.34. The Balaban J connectivity index is 1.49. The Labute approximate surface area is 176 Å². The Hall–Kier alpha value is -3.15. The molecule has 6 nitrogen and oxygen atoms in total. The standard InChI is InChI=1S/C24H26N4O2/c1-17-8-2-4-10-20(17)27-15-18(14-22(27)29)24-25-19-9-3-5-11-21(19)28(24)16-23(30)26-12-6-7-13-26/h2-5,8-11,18H,6-7,12-16H2,1H3. The molecule has 154 valence electrons. The van der Waals surface area contributed by atoms with Crippen molar-refractivity contribution >= 4 is 28.5 Å². The number of rotatable bonds is 4. The third kappa shape index (κ3) is 3.26. The van der Waals surface area contributed by atoms with Gasteiger partial charge in [0.1, 0.15) is 12.4 Å². The van der Waals surface area contributed by atoms with Crippen LogP contribution in [0.5, 0.6) is 0 Å². The normalized spacial score (nSPS) is 19.2. The number of carbonyl (C=O) groups is 2. The summed E-state index contributed by atoms with van der Waals surface area (Å²) in [6, 6.07) is 15.9. The Morgan fingerprint density at radius 2 is 1.80 bits per heavy atom. The van der Waals surface area contributed by atoms with Crippen LogP contribution in [0.15, 0.2) is 48.5 Å². The molecule has 3 aromatic rings. The van der Waals surface area contributed by atoms with Gasteiger partial charge in [0.2, 0.25) is 11.8 Å². The van der Waals surface area contributed by atoms with Crippen LogP contribution in [0.2, 0.25) is 0 Å². The molecule has 0 bridgehead atoms. The molecule has 3 heterocycles. The van der Waals surface area contributed by atoms with Gasteiger partial charge >= 0.3 is 0 Å². The zero-order chi connectivity index (χ0) is 20.7. The first-order valence-electron chi connectivity index (χ1n) is 10.7. The topological polar surface area (TPSA) is 58.4 Å². The van der Waals surface area contributed by atoms with Crippen LogP contribution in [0, 0.1) is 6.92 Å². The zero-order valence-corrected chi connectivity index (χ0v) is 17.3. The Morgan fingerprint density at radius 1 is 1.07 bits per heavy atom. The number of aryl methyl sites for hydroxylation is 1. The van der Waals surface area contributed by atoms with E-state index in [0.717, 1.165) is 54.0 Å². The van der Waals surface area contributed by atoms with Gasteiger partial charge in [-0.25, -0.2) is 4.98 Å². The number of amides is 2. The molecule has 2 fully saturated rings. The van der Waals surface area contributed by atoms with Crippen molar-refractivity contribution in [3.63, 3.8) is 0 Å². The quantitative estimate of drug-likeness (QED) is 0.671. The second-order valence-corrected chi connectivity index (χ2v) is 8.32. The Kier molecular flexibility index (Phi) is 4.77. The van der Waals surface area contributed by atoms with Crippen LogP contribution in [0.3, 0.4) is 0 Å². The van der Waals surface area contributed by atoms with E-state index in [-0.39, 0.29) is 24.3 Å². The summed E-state index contributed by atoms with van der Waals surface area (Å²) in [7, 11) is 0. The molecule has 0 spiro atoms. The number of hydrogen-bond acceptors (Lipinski definition) is 3. The number of anilines is 1. The van der Waals surface area contributed by atoms with Gasteiger partial charge in [0.05, 0.1) is 11.0 Å². The molecule has 2 saturated heterocycles. The number of imidazole rings is 1. The summed E-state index contributed by atoms with van der Waals surface area (Å²) in [6.07, 6.45) is 2.56. The van der Waals surface area contributed by atoms with Crippen LogP contribution < -0.4 is 4.90 Å². The lowest BCUT2D eigenvalue weighted by molar-refractivity contribution is -0.130. The average Bonchev–Trinajstić information content (AvgIpc) is 3.48. The van der Waals surface area contributed by atoms with Gasteiger partial charge < -0.3 is 14.4 Å². The van der Waals surface area contributed by atoms with E-state index in [4.69, 9.17) is 4.98 Å². The molecule has 0 aliphatic carbocycles. The van der Waals surface area contributed by atoms with Crippen molar-refractivity contribution in [2.75, 3.05) is 24.5 Å². The molecule has 6 heteroatoms. The van der Waals surface area contributed by atoms with Crippen LogP contribution in [0.25, 0.3) is 11.0 Å². The number of likely N-dealkylation sites (tertiary alicyclic amines) is 1. The van der Waals surface area contributed by atoms with E-state index in [1.165, 1.54) is 0 Å². The summed E-state index contributed by atoms with van der Waals surface area (Å²) in [6.45, 7) is 4.57. The number of carbonyl (C=O) groups excluding carboxylic acids is 2. The average molecular weight is 402 g/mol. The fraction of sp³-hybridized carbons (Fsp3) is 0.375. The predicted octanol–water partition coefficient (Wildman–Crippen LogP) is 3.49. The van der Waals surface area contributed by atoms with E-state index in [2.05, 4.69) is 0 Å². The maximum atomic E-state index is 12.9. The minimum atomic E-state index is -0.0316. The summed E-state index contributed by atoms with van der Waals surface area (Å²) >= 11 is 0. The third-order valence-electron chi connectivity index (χ3n) is 6.33. The van der Waals surface area contributed by atoms with Crippen molar-refractivity contribution in [1.82, 2.24) is 14.5 Å². The number of para-hydroxylation sites is 3. The molecule has 1 aromatic heterocycles. The van der Waals surface area contributed by atoms with Gasteiger partial charge in [-0.3, -0.25) is 9.59 Å². The summed E-state index contributed by atoms with van der Waals surface area (Å²) < 4.78 is 2.04. The molecule has 0 N–H and O–H groups in total. The summed E-state index contributed by atoms with van der Waals surface area (Å²) in [5, 5.41) is 0. The molecule has 0 saturated carbocycles. The third-order valence-corrected chi connectivity index (χ3v) is 6.33. The highest BCUT2D eigenvalue weighted by atomic mass is 16.2. The number of benzene rings is 2. The maximum Gasteiger partial charge on any atom is 0.242 e. The summed E-state index contributed by atoms with van der Waals surface area (Å²) in [5.74, 6) is 1.06. The molecular formula is C24H26N4O2. The SMILES string of the molecule is Cc1ccccc1N1CC(c2nc3ccccc3n2CC(=O)N2CCCC2)CC1=O. The van der Waals surface area contributed by atoms with E-state index in [9.17, 15) is 9.59 Å². The molecule has 1 unspecified atom stereocenters. The van der Waals surface area contributed by atoms with Gasteiger partial charge in [-0.05, 0) is 43.5 Å². The minimum absolute atomic E-state index is 0.0316. The van der Waals surface area contributed by atoms with Crippen molar-refractivity contribution in [2.45, 2.75) is 38.6 Å². The van der Waals surface area contributed by atoms with Crippen molar-refractivity contribution in [2.24, 2.45) is 0 Å². The van der Waals surface area contributed by atoms with Crippen molar-refractivity contribution in [3.8, 4) is 0 Å². The van der Waals surface area contributed by atoms with Gasteiger partial charge in [0.15, 0.2) is 0 Å². The van der Waals surface area contributed by atoms with E-state index < -0.39 is 0 Å². The largest absolute Gasteiger partial charge is 0.341 e. The monoisotopic (exact) mass is 402 g/mol. The first-order valence-corrected chi connectivity index (χ1v) is 10.7. The zero-order valence-electron chi connectivity index (χ0n) is 17.3. The van der Waals surface area contributed by atoms with Gasteiger partial charge in [-0.2, -0.15) is 0 Å².